The van der Waals surface area contributed by atoms with Gasteiger partial charge in [0.2, 0.25) is 5.88 Å². The molecule has 0 atom stereocenters. The second kappa shape index (κ2) is 10.9. The predicted molar refractivity (Wildman–Crippen MR) is 151 cm³/mol. The first-order valence-electron chi connectivity index (χ1n) is 12.6. The van der Waals surface area contributed by atoms with Crippen molar-refractivity contribution in [3.63, 3.8) is 0 Å². The Morgan fingerprint density at radius 3 is 2.49 bits per heavy atom. The molecule has 5 rings (SSSR count). The standard InChI is InChI=1S/C30H30N4O4S/c1-19-31-23(18-39-19)17-38-25-9-11-27-22(14-25)13-24(15-30(2,3)29(35)36)34(27)16-20-5-7-21(8-6-20)26-10-12-28(37-4)33-32-26/h5-14,18H,15-17H2,1-4H3,(H,35,36). The number of fused-ring (bicyclic) bond motifs is 1. The molecule has 3 aromatic heterocycles. The lowest BCUT2D eigenvalue weighted by atomic mass is 9.88. The Labute approximate surface area is 230 Å². The van der Waals surface area contributed by atoms with Gasteiger partial charge in [-0.3, -0.25) is 4.79 Å². The molecule has 0 saturated heterocycles. The van der Waals surface area contributed by atoms with Gasteiger partial charge >= 0.3 is 5.97 Å². The van der Waals surface area contributed by atoms with Gasteiger partial charge in [0.25, 0.3) is 0 Å². The van der Waals surface area contributed by atoms with Crippen molar-refractivity contribution < 1.29 is 19.4 Å². The van der Waals surface area contributed by atoms with Crippen molar-refractivity contribution in [2.75, 3.05) is 7.11 Å². The molecule has 1 N–H and O–H groups in total. The second-order valence-electron chi connectivity index (χ2n) is 10.1. The normalized spacial score (nSPS) is 11.6. The summed E-state index contributed by atoms with van der Waals surface area (Å²) in [6.07, 6.45) is 0.394. The van der Waals surface area contributed by atoms with E-state index in [1.165, 1.54) is 0 Å². The number of aryl methyl sites for hydroxylation is 1. The molecule has 8 nitrogen and oxygen atoms in total. The molecule has 0 amide bonds. The number of hydrogen-bond donors (Lipinski definition) is 1. The third-order valence-electron chi connectivity index (χ3n) is 6.65. The zero-order valence-electron chi connectivity index (χ0n) is 22.3. The van der Waals surface area contributed by atoms with Gasteiger partial charge in [-0.15, -0.1) is 21.5 Å². The molecule has 9 heteroatoms. The van der Waals surface area contributed by atoms with Crippen molar-refractivity contribution >= 4 is 28.2 Å². The topological polar surface area (TPSA) is 99.4 Å². The molecule has 0 unspecified atom stereocenters. The Balaban J connectivity index is 1.43. The Morgan fingerprint density at radius 1 is 1.05 bits per heavy atom. The molecule has 0 radical (unpaired) electrons. The Bertz CT molecular complexity index is 1600. The van der Waals surface area contributed by atoms with Crippen LogP contribution in [0.5, 0.6) is 11.6 Å². The van der Waals surface area contributed by atoms with Gasteiger partial charge in [0.15, 0.2) is 0 Å². The summed E-state index contributed by atoms with van der Waals surface area (Å²) in [4.78, 5) is 16.4. The van der Waals surface area contributed by atoms with Crippen molar-refractivity contribution in [3.05, 3.63) is 88.0 Å². The van der Waals surface area contributed by atoms with Crippen LogP contribution in [0.3, 0.4) is 0 Å². The summed E-state index contributed by atoms with van der Waals surface area (Å²) in [6, 6.07) is 19.9. The van der Waals surface area contributed by atoms with Crippen LogP contribution in [0.1, 0.15) is 35.8 Å². The van der Waals surface area contributed by atoms with E-state index in [4.69, 9.17) is 9.47 Å². The number of carboxylic acid groups (broad SMARTS) is 1. The summed E-state index contributed by atoms with van der Waals surface area (Å²) < 4.78 is 13.3. The number of carboxylic acids is 1. The maximum absolute atomic E-state index is 11.9. The number of thiazole rings is 1. The van der Waals surface area contributed by atoms with Crippen LogP contribution in [0.15, 0.2) is 66.0 Å². The summed E-state index contributed by atoms with van der Waals surface area (Å²) in [5, 5.41) is 22.1. The molecule has 2 aromatic carbocycles. The van der Waals surface area contributed by atoms with Crippen molar-refractivity contribution in [3.8, 4) is 22.9 Å². The summed E-state index contributed by atoms with van der Waals surface area (Å²) in [5.74, 6) is 0.393. The molecule has 0 bridgehead atoms. The molecular formula is C30H30N4O4S. The van der Waals surface area contributed by atoms with E-state index >= 15 is 0 Å². The average molecular weight is 543 g/mol. The van der Waals surface area contributed by atoms with E-state index in [1.807, 2.05) is 48.7 Å². The van der Waals surface area contributed by atoms with Crippen LogP contribution in [0, 0.1) is 12.3 Å². The van der Waals surface area contributed by atoms with Gasteiger partial charge in [0.05, 0.1) is 28.9 Å². The van der Waals surface area contributed by atoms with Crippen molar-refractivity contribution in [1.82, 2.24) is 19.7 Å². The molecule has 3 heterocycles. The molecule has 0 fully saturated rings. The lowest BCUT2D eigenvalue weighted by molar-refractivity contribution is -0.146. The fraction of sp³-hybridized carbons (Fsp3) is 0.267. The van der Waals surface area contributed by atoms with Gasteiger partial charge < -0.3 is 19.1 Å². The highest BCUT2D eigenvalue weighted by atomic mass is 32.1. The van der Waals surface area contributed by atoms with Gasteiger partial charge in [0, 0.05) is 46.6 Å². The van der Waals surface area contributed by atoms with Gasteiger partial charge in [-0.1, -0.05) is 24.3 Å². The highest BCUT2D eigenvalue weighted by molar-refractivity contribution is 7.09. The SMILES string of the molecule is COc1ccc(-c2ccc(Cn3c(CC(C)(C)C(=O)O)cc4cc(OCc5csc(C)n5)ccc43)cc2)nn1. The van der Waals surface area contributed by atoms with E-state index in [2.05, 4.69) is 37.9 Å². The van der Waals surface area contributed by atoms with Crippen molar-refractivity contribution in [2.24, 2.45) is 5.41 Å². The lowest BCUT2D eigenvalue weighted by Gasteiger charge is -2.21. The maximum Gasteiger partial charge on any atom is 0.309 e. The number of aromatic nitrogens is 4. The first-order valence-corrected chi connectivity index (χ1v) is 13.5. The monoisotopic (exact) mass is 542 g/mol. The van der Waals surface area contributed by atoms with Crippen molar-refractivity contribution in [2.45, 2.75) is 40.3 Å². The Hall–Kier alpha value is -4.24. The number of rotatable bonds is 10. The molecule has 0 aliphatic rings. The highest BCUT2D eigenvalue weighted by Gasteiger charge is 2.29. The van der Waals surface area contributed by atoms with E-state index in [1.54, 1.807) is 38.4 Å². The fourth-order valence-corrected chi connectivity index (χ4v) is 5.03. The summed E-state index contributed by atoms with van der Waals surface area (Å²) in [6.45, 7) is 6.49. The van der Waals surface area contributed by atoms with Crippen molar-refractivity contribution in [1.29, 1.82) is 0 Å². The van der Waals surface area contributed by atoms with E-state index < -0.39 is 11.4 Å². The molecule has 0 saturated carbocycles. The van der Waals surface area contributed by atoms with Gasteiger partial charge in [-0.25, -0.2) is 4.98 Å². The zero-order chi connectivity index (χ0) is 27.6. The minimum Gasteiger partial charge on any atom is -0.487 e. The first kappa shape index (κ1) is 26.4. The van der Waals surface area contributed by atoms with E-state index in [0.29, 0.717) is 25.5 Å². The first-order chi connectivity index (χ1) is 18.7. The third-order valence-corrected chi connectivity index (χ3v) is 7.48. The molecule has 0 aliphatic heterocycles. The van der Waals surface area contributed by atoms with Gasteiger partial charge in [-0.2, -0.15) is 0 Å². The number of ether oxygens (including phenoxy) is 2. The molecule has 5 aromatic rings. The van der Waals surface area contributed by atoms with E-state index in [9.17, 15) is 9.90 Å². The Morgan fingerprint density at radius 2 is 1.85 bits per heavy atom. The second-order valence-corrected chi connectivity index (χ2v) is 11.2. The Kier molecular flexibility index (Phi) is 7.34. The average Bonchev–Trinajstić information content (AvgIpc) is 3.49. The van der Waals surface area contributed by atoms with Gasteiger partial charge in [0.1, 0.15) is 12.4 Å². The molecule has 0 aliphatic carbocycles. The van der Waals surface area contributed by atoms with Crippen LogP contribution in [-0.4, -0.2) is 37.9 Å². The molecular weight excluding hydrogens is 512 g/mol. The molecule has 0 spiro atoms. The number of benzene rings is 2. The molecule has 200 valence electrons. The maximum atomic E-state index is 11.9. The predicted octanol–water partition coefficient (Wildman–Crippen LogP) is 6.15. The zero-order valence-corrected chi connectivity index (χ0v) is 23.2. The number of nitrogens with zero attached hydrogens (tertiary/aromatic N) is 4. The third kappa shape index (κ3) is 5.93. The largest absolute Gasteiger partial charge is 0.487 e. The number of carbonyl (C=O) groups is 1. The van der Waals surface area contributed by atoms with E-state index in [0.717, 1.165) is 49.9 Å². The fourth-order valence-electron chi connectivity index (χ4n) is 4.44. The van der Waals surface area contributed by atoms with Gasteiger partial charge in [-0.05, 0) is 56.7 Å². The minimum absolute atomic E-state index is 0.394. The summed E-state index contributed by atoms with van der Waals surface area (Å²) >= 11 is 1.60. The van der Waals surface area contributed by atoms with Crippen LogP contribution < -0.4 is 9.47 Å². The van der Waals surface area contributed by atoms with E-state index in [-0.39, 0.29) is 0 Å². The lowest BCUT2D eigenvalue weighted by Crippen LogP contribution is -2.27. The van der Waals surface area contributed by atoms with Crippen LogP contribution >= 0.6 is 11.3 Å². The van der Waals surface area contributed by atoms with Crippen LogP contribution in [-0.2, 0) is 24.4 Å². The van der Waals surface area contributed by atoms with Crippen LogP contribution in [0.25, 0.3) is 22.2 Å². The number of aliphatic carboxylic acids is 1. The summed E-state index contributed by atoms with van der Waals surface area (Å²) in [7, 11) is 1.56. The number of methoxy groups -OCH3 is 1. The molecule has 39 heavy (non-hydrogen) atoms. The smallest absolute Gasteiger partial charge is 0.309 e. The number of hydrogen-bond acceptors (Lipinski definition) is 7. The minimum atomic E-state index is -0.912. The van der Waals surface area contributed by atoms with Crippen LogP contribution in [0.2, 0.25) is 0 Å². The summed E-state index contributed by atoms with van der Waals surface area (Å²) in [5.41, 5.74) is 4.77. The quantitative estimate of drug-likeness (QED) is 0.226. The van der Waals surface area contributed by atoms with Crippen LogP contribution in [0.4, 0.5) is 0 Å². The highest BCUT2D eigenvalue weighted by Crippen LogP contribution is 2.31.